The Bertz CT molecular complexity index is 1160. The first-order chi connectivity index (χ1) is 14.3. The number of nitrogens with zero attached hydrogens (tertiary/aromatic N) is 2. The van der Waals surface area contributed by atoms with E-state index in [-0.39, 0.29) is 12.4 Å². The minimum absolute atomic E-state index is 0. The second-order valence-corrected chi connectivity index (χ2v) is 7.57. The summed E-state index contributed by atoms with van der Waals surface area (Å²) in [6.45, 7) is 4.91. The van der Waals surface area contributed by atoms with Crippen molar-refractivity contribution in [1.82, 2.24) is 9.88 Å². The number of aromatic nitrogens is 1. The average Bonchev–Trinajstić information content (AvgIpc) is 3.17. The van der Waals surface area contributed by atoms with Crippen molar-refractivity contribution in [3.8, 4) is 17.2 Å². The van der Waals surface area contributed by atoms with Crippen LogP contribution in [0.3, 0.4) is 0 Å². The van der Waals surface area contributed by atoms with Gasteiger partial charge in [0.2, 0.25) is 5.89 Å². The maximum absolute atomic E-state index is 6.21. The number of hydrogen-bond acceptors (Lipinski definition) is 5. The molecule has 5 rings (SSSR count). The van der Waals surface area contributed by atoms with Gasteiger partial charge in [-0.3, -0.25) is 4.90 Å². The first kappa shape index (κ1) is 20.9. The van der Waals surface area contributed by atoms with Gasteiger partial charge in [-0.05, 0) is 41.1 Å². The van der Waals surface area contributed by atoms with Gasteiger partial charge in [0, 0.05) is 24.7 Å². The molecule has 1 fully saturated rings. The molecule has 0 bridgehead atoms. The van der Waals surface area contributed by atoms with Crippen LogP contribution in [0.15, 0.2) is 59.0 Å². The third-order valence-corrected chi connectivity index (χ3v) is 5.43. The van der Waals surface area contributed by atoms with Crippen LogP contribution in [0, 0.1) is 0 Å². The van der Waals surface area contributed by atoms with E-state index in [4.69, 9.17) is 25.5 Å². The molecular formula is C23H22Cl2N2O3. The lowest BCUT2D eigenvalue weighted by Crippen LogP contribution is -2.38. The van der Waals surface area contributed by atoms with Crippen molar-refractivity contribution in [3.05, 3.63) is 59.6 Å². The third kappa shape index (κ3) is 4.40. The summed E-state index contributed by atoms with van der Waals surface area (Å²) in [5.74, 6) is 1.31. The van der Waals surface area contributed by atoms with Crippen LogP contribution in [-0.4, -0.2) is 49.3 Å². The monoisotopic (exact) mass is 444 g/mol. The molecule has 4 aromatic rings. The van der Waals surface area contributed by atoms with E-state index in [0.717, 1.165) is 60.5 Å². The van der Waals surface area contributed by atoms with Gasteiger partial charge in [0.1, 0.15) is 17.9 Å². The molecule has 0 N–H and O–H groups in total. The maximum atomic E-state index is 6.21. The number of rotatable bonds is 5. The Kier molecular flexibility index (Phi) is 6.44. The van der Waals surface area contributed by atoms with E-state index in [2.05, 4.69) is 34.1 Å². The summed E-state index contributed by atoms with van der Waals surface area (Å²) in [4.78, 5) is 7.00. The number of hydrogen-bond donors (Lipinski definition) is 0. The summed E-state index contributed by atoms with van der Waals surface area (Å²) in [7, 11) is 0. The van der Waals surface area contributed by atoms with Crippen molar-refractivity contribution in [1.29, 1.82) is 0 Å². The summed E-state index contributed by atoms with van der Waals surface area (Å²) in [5, 5.41) is 2.87. The second-order valence-electron chi connectivity index (χ2n) is 7.13. The lowest BCUT2D eigenvalue weighted by atomic mass is 10.1. The normalized spacial score (nSPS) is 14.7. The quantitative estimate of drug-likeness (QED) is 0.410. The molecule has 0 saturated carbocycles. The maximum Gasteiger partial charge on any atom is 0.231 e. The molecule has 0 spiro atoms. The second kappa shape index (κ2) is 9.23. The molecule has 2 heterocycles. The number of fused-ring (bicyclic) bond motifs is 2. The standard InChI is InChI=1S/C23H21ClN2O3.ClH/c24-18-5-6-21-20(15-18)25-23(29-21)19-13-16-3-1-2-4-17(16)14-22(19)28-12-9-26-7-10-27-11-8-26;/h1-6,13-15H,7-12H2;1H. The van der Waals surface area contributed by atoms with Crippen LogP contribution in [0.25, 0.3) is 33.3 Å². The van der Waals surface area contributed by atoms with Crippen molar-refractivity contribution in [2.75, 3.05) is 39.5 Å². The molecule has 1 aliphatic heterocycles. The van der Waals surface area contributed by atoms with Gasteiger partial charge < -0.3 is 13.9 Å². The van der Waals surface area contributed by atoms with Crippen molar-refractivity contribution >= 4 is 45.9 Å². The Morgan fingerprint density at radius 2 is 1.77 bits per heavy atom. The minimum Gasteiger partial charge on any atom is -0.491 e. The first-order valence-corrected chi connectivity index (χ1v) is 10.2. The Morgan fingerprint density at radius 1 is 1.00 bits per heavy atom. The summed E-state index contributed by atoms with van der Waals surface area (Å²) >= 11 is 6.11. The summed E-state index contributed by atoms with van der Waals surface area (Å²) in [6, 6.07) is 17.8. The van der Waals surface area contributed by atoms with E-state index in [9.17, 15) is 0 Å². The van der Waals surface area contributed by atoms with Gasteiger partial charge in [0.15, 0.2) is 5.58 Å². The molecule has 0 aliphatic carbocycles. The van der Waals surface area contributed by atoms with Crippen LogP contribution < -0.4 is 4.74 Å². The number of oxazole rings is 1. The van der Waals surface area contributed by atoms with E-state index in [1.54, 1.807) is 6.07 Å². The summed E-state index contributed by atoms with van der Waals surface area (Å²) in [5.41, 5.74) is 2.29. The van der Waals surface area contributed by atoms with Crippen LogP contribution in [0.4, 0.5) is 0 Å². The highest BCUT2D eigenvalue weighted by molar-refractivity contribution is 6.31. The Labute approximate surface area is 185 Å². The van der Waals surface area contributed by atoms with Gasteiger partial charge in [-0.15, -0.1) is 12.4 Å². The van der Waals surface area contributed by atoms with E-state index in [1.165, 1.54) is 0 Å². The minimum atomic E-state index is 0. The molecule has 1 saturated heterocycles. The van der Waals surface area contributed by atoms with Gasteiger partial charge >= 0.3 is 0 Å². The third-order valence-electron chi connectivity index (χ3n) is 5.20. The van der Waals surface area contributed by atoms with Crippen molar-refractivity contribution < 1.29 is 13.9 Å². The average molecular weight is 445 g/mol. The highest BCUT2D eigenvalue weighted by Crippen LogP contribution is 2.36. The highest BCUT2D eigenvalue weighted by Gasteiger charge is 2.16. The van der Waals surface area contributed by atoms with Gasteiger partial charge in [0.05, 0.1) is 18.8 Å². The fourth-order valence-electron chi connectivity index (χ4n) is 3.63. The van der Waals surface area contributed by atoms with Crippen molar-refractivity contribution in [2.24, 2.45) is 0 Å². The van der Waals surface area contributed by atoms with Crippen molar-refractivity contribution in [3.63, 3.8) is 0 Å². The molecule has 0 radical (unpaired) electrons. The van der Waals surface area contributed by atoms with Gasteiger partial charge in [0.25, 0.3) is 0 Å². The predicted octanol–water partition coefficient (Wildman–Crippen LogP) is 5.43. The van der Waals surface area contributed by atoms with Gasteiger partial charge in [-0.2, -0.15) is 0 Å². The van der Waals surface area contributed by atoms with Crippen LogP contribution in [0.1, 0.15) is 0 Å². The molecule has 5 nitrogen and oxygen atoms in total. The number of benzene rings is 3. The van der Waals surface area contributed by atoms with Gasteiger partial charge in [-0.1, -0.05) is 35.9 Å². The Balaban J connectivity index is 0.00000218. The zero-order valence-electron chi connectivity index (χ0n) is 16.3. The van der Waals surface area contributed by atoms with Crippen LogP contribution in [-0.2, 0) is 4.74 Å². The zero-order valence-corrected chi connectivity index (χ0v) is 17.9. The largest absolute Gasteiger partial charge is 0.491 e. The molecule has 30 heavy (non-hydrogen) atoms. The summed E-state index contributed by atoms with van der Waals surface area (Å²) in [6.07, 6.45) is 0. The fraction of sp³-hybridized carbons (Fsp3) is 0.261. The van der Waals surface area contributed by atoms with Crippen molar-refractivity contribution in [2.45, 2.75) is 0 Å². The van der Waals surface area contributed by atoms with E-state index >= 15 is 0 Å². The Hall–Kier alpha value is -2.31. The Morgan fingerprint density at radius 3 is 2.57 bits per heavy atom. The molecule has 0 amide bonds. The number of halogens is 2. The van der Waals surface area contributed by atoms with E-state index in [0.29, 0.717) is 23.1 Å². The SMILES string of the molecule is Cl.Clc1ccc2oc(-c3cc4ccccc4cc3OCCN3CCOCC3)nc2c1. The molecule has 0 atom stereocenters. The van der Waals surface area contributed by atoms with Crippen LogP contribution in [0.2, 0.25) is 5.02 Å². The number of ether oxygens (including phenoxy) is 2. The number of morpholine rings is 1. The van der Waals surface area contributed by atoms with E-state index < -0.39 is 0 Å². The summed E-state index contributed by atoms with van der Waals surface area (Å²) < 4.78 is 17.6. The van der Waals surface area contributed by atoms with Crippen LogP contribution in [0.5, 0.6) is 5.75 Å². The lowest BCUT2D eigenvalue weighted by molar-refractivity contribution is 0.0323. The zero-order chi connectivity index (χ0) is 19.6. The molecular weight excluding hydrogens is 423 g/mol. The predicted molar refractivity (Wildman–Crippen MR) is 122 cm³/mol. The van der Waals surface area contributed by atoms with E-state index in [1.807, 2.05) is 24.3 Å². The molecule has 7 heteroatoms. The first-order valence-electron chi connectivity index (χ1n) is 9.78. The molecule has 0 unspecified atom stereocenters. The fourth-order valence-corrected chi connectivity index (χ4v) is 3.80. The van der Waals surface area contributed by atoms with Crippen LogP contribution >= 0.6 is 24.0 Å². The smallest absolute Gasteiger partial charge is 0.231 e. The molecule has 3 aromatic carbocycles. The molecule has 1 aliphatic rings. The molecule has 1 aromatic heterocycles. The molecule has 156 valence electrons. The van der Waals surface area contributed by atoms with Gasteiger partial charge in [-0.25, -0.2) is 4.98 Å². The topological polar surface area (TPSA) is 47.7 Å². The highest BCUT2D eigenvalue weighted by atomic mass is 35.5. The lowest BCUT2D eigenvalue weighted by Gasteiger charge is -2.26.